The smallest absolute Gasteiger partial charge is 0.165 e. The van der Waals surface area contributed by atoms with Crippen molar-refractivity contribution in [2.24, 2.45) is 0 Å². The molecule has 0 aromatic carbocycles. The molecule has 0 saturated carbocycles. The Kier molecular flexibility index (Phi) is 2.20. The minimum absolute atomic E-state index is 0.830. The summed E-state index contributed by atoms with van der Waals surface area (Å²) in [7, 11) is 0. The van der Waals surface area contributed by atoms with Crippen molar-refractivity contribution in [1.29, 1.82) is 0 Å². The maximum atomic E-state index is 4.80. The summed E-state index contributed by atoms with van der Waals surface area (Å²) in [5, 5.41) is 8.03. The highest BCUT2D eigenvalue weighted by atomic mass is 32.1. The largest absolute Gasteiger partial charge is 0.259 e. The minimum Gasteiger partial charge on any atom is -0.259 e. The van der Waals surface area contributed by atoms with E-state index in [4.69, 9.17) is 4.98 Å². The summed E-state index contributed by atoms with van der Waals surface area (Å²) in [6, 6.07) is 4.45. The van der Waals surface area contributed by atoms with E-state index in [2.05, 4.69) is 27.3 Å². The molecule has 0 amide bonds. The number of H-pyrrole nitrogens is 1. The molecule has 18 heavy (non-hydrogen) atoms. The number of thiophene rings is 1. The van der Waals surface area contributed by atoms with Gasteiger partial charge in [-0.25, -0.2) is 9.97 Å². The molecule has 4 nitrogen and oxygen atoms in total. The van der Waals surface area contributed by atoms with Crippen molar-refractivity contribution in [1.82, 2.24) is 20.2 Å². The van der Waals surface area contributed by atoms with Gasteiger partial charge in [0.25, 0.3) is 0 Å². The molecule has 90 valence electrons. The van der Waals surface area contributed by atoms with Crippen LogP contribution in [0.15, 0.2) is 18.5 Å². The van der Waals surface area contributed by atoms with E-state index in [-0.39, 0.29) is 0 Å². The first-order chi connectivity index (χ1) is 8.90. The lowest BCUT2D eigenvalue weighted by Gasteiger charge is -2.13. The Labute approximate surface area is 108 Å². The van der Waals surface area contributed by atoms with Crippen molar-refractivity contribution >= 4 is 21.6 Å². The summed E-state index contributed by atoms with van der Waals surface area (Å²) >= 11 is 1.68. The van der Waals surface area contributed by atoms with Crippen LogP contribution in [0.25, 0.3) is 20.9 Å². The van der Waals surface area contributed by atoms with Crippen LogP contribution in [-0.4, -0.2) is 20.2 Å². The Balaban J connectivity index is 1.90. The fraction of sp³-hybridized carbons (Fsp3) is 0.308. The van der Waals surface area contributed by atoms with Crippen molar-refractivity contribution in [2.45, 2.75) is 25.7 Å². The van der Waals surface area contributed by atoms with Gasteiger partial charge in [0, 0.05) is 11.1 Å². The fourth-order valence-electron chi connectivity index (χ4n) is 2.53. The first-order valence-electron chi connectivity index (χ1n) is 6.18. The average Bonchev–Trinajstić information content (AvgIpc) is 3.04. The molecule has 1 aliphatic rings. The molecule has 5 heteroatoms. The van der Waals surface area contributed by atoms with Crippen LogP contribution in [-0.2, 0) is 12.8 Å². The van der Waals surface area contributed by atoms with Gasteiger partial charge in [0.15, 0.2) is 5.82 Å². The van der Waals surface area contributed by atoms with Crippen LogP contribution >= 0.6 is 11.3 Å². The second-order valence-electron chi connectivity index (χ2n) is 4.64. The van der Waals surface area contributed by atoms with Gasteiger partial charge in [0.2, 0.25) is 0 Å². The summed E-state index contributed by atoms with van der Waals surface area (Å²) in [6.07, 6.45) is 6.40. The first-order valence-corrected chi connectivity index (χ1v) is 7.00. The van der Waals surface area contributed by atoms with Gasteiger partial charge in [-0.1, -0.05) is 0 Å². The molecule has 0 fully saturated rings. The van der Waals surface area contributed by atoms with E-state index in [0.29, 0.717) is 0 Å². The lowest BCUT2D eigenvalue weighted by atomic mass is 9.96. The van der Waals surface area contributed by atoms with Crippen LogP contribution in [0.4, 0.5) is 0 Å². The number of aryl methyl sites for hydroxylation is 2. The predicted octanol–water partition coefficient (Wildman–Crippen LogP) is 2.96. The van der Waals surface area contributed by atoms with Crippen LogP contribution in [0, 0.1) is 0 Å². The van der Waals surface area contributed by atoms with Crippen molar-refractivity contribution in [3.05, 3.63) is 29.7 Å². The van der Waals surface area contributed by atoms with E-state index >= 15 is 0 Å². The molecule has 0 saturated heterocycles. The maximum absolute atomic E-state index is 4.80. The second kappa shape index (κ2) is 3.88. The third-order valence-electron chi connectivity index (χ3n) is 3.44. The van der Waals surface area contributed by atoms with Gasteiger partial charge in [-0.15, -0.1) is 11.3 Å². The number of aromatic amines is 1. The first kappa shape index (κ1) is 10.2. The van der Waals surface area contributed by atoms with Crippen molar-refractivity contribution < 1.29 is 0 Å². The molecule has 0 spiro atoms. The molecule has 4 rings (SSSR count). The van der Waals surface area contributed by atoms with E-state index in [0.717, 1.165) is 22.0 Å². The fourth-order valence-corrected chi connectivity index (χ4v) is 3.51. The summed E-state index contributed by atoms with van der Waals surface area (Å²) in [5.41, 5.74) is 2.72. The third-order valence-corrected chi connectivity index (χ3v) is 4.49. The lowest BCUT2D eigenvalue weighted by Crippen LogP contribution is -2.04. The number of pyridine rings is 1. The van der Waals surface area contributed by atoms with Crippen LogP contribution in [0.3, 0.4) is 0 Å². The van der Waals surface area contributed by atoms with Gasteiger partial charge in [0.1, 0.15) is 11.2 Å². The lowest BCUT2D eigenvalue weighted by molar-refractivity contribution is 0.671. The van der Waals surface area contributed by atoms with Crippen LogP contribution in [0.5, 0.6) is 0 Å². The zero-order chi connectivity index (χ0) is 11.9. The van der Waals surface area contributed by atoms with Crippen molar-refractivity contribution in [2.75, 3.05) is 0 Å². The quantitative estimate of drug-likeness (QED) is 0.728. The molecule has 0 radical (unpaired) electrons. The number of rotatable bonds is 1. The molecular formula is C13H12N4S. The highest BCUT2D eigenvalue weighted by molar-refractivity contribution is 7.21. The van der Waals surface area contributed by atoms with Crippen LogP contribution in [0.2, 0.25) is 0 Å². The molecule has 3 aromatic heterocycles. The SMILES string of the molecule is c1n[nH]c(-c2cc3cc4c(nc3s2)CCCC4)n1. The predicted molar refractivity (Wildman–Crippen MR) is 71.6 cm³/mol. The minimum atomic E-state index is 0.830. The number of aromatic nitrogens is 4. The zero-order valence-electron chi connectivity index (χ0n) is 9.81. The Morgan fingerprint density at radius 1 is 1.17 bits per heavy atom. The Morgan fingerprint density at radius 2 is 2.11 bits per heavy atom. The summed E-state index contributed by atoms with van der Waals surface area (Å²) in [5.74, 6) is 0.830. The van der Waals surface area contributed by atoms with Gasteiger partial charge in [0.05, 0.1) is 4.88 Å². The third kappa shape index (κ3) is 1.54. The standard InChI is InChI=1S/C13H12N4S/c1-2-4-10-8(3-1)5-9-6-11(18-13(9)16-10)12-14-7-15-17-12/h5-7H,1-4H2,(H,14,15,17). The van der Waals surface area contributed by atoms with Gasteiger partial charge < -0.3 is 0 Å². The van der Waals surface area contributed by atoms with Gasteiger partial charge in [-0.3, -0.25) is 5.10 Å². The Morgan fingerprint density at radius 3 is 3.00 bits per heavy atom. The molecule has 0 aliphatic heterocycles. The number of hydrogen-bond donors (Lipinski definition) is 1. The molecule has 3 heterocycles. The van der Waals surface area contributed by atoms with Crippen LogP contribution in [0.1, 0.15) is 24.1 Å². The molecule has 0 bridgehead atoms. The highest BCUT2D eigenvalue weighted by Gasteiger charge is 2.14. The molecule has 3 aromatic rings. The number of hydrogen-bond acceptors (Lipinski definition) is 4. The van der Waals surface area contributed by atoms with Crippen molar-refractivity contribution in [3.8, 4) is 10.7 Å². The monoisotopic (exact) mass is 256 g/mol. The summed E-state index contributed by atoms with van der Waals surface area (Å²) < 4.78 is 0. The van der Waals surface area contributed by atoms with E-state index in [1.807, 2.05) is 0 Å². The highest BCUT2D eigenvalue weighted by Crippen LogP contribution is 2.33. The Hall–Kier alpha value is -1.75. The number of nitrogens with zero attached hydrogens (tertiary/aromatic N) is 3. The van der Waals surface area contributed by atoms with Crippen LogP contribution < -0.4 is 0 Å². The second-order valence-corrected chi connectivity index (χ2v) is 5.67. The topological polar surface area (TPSA) is 54.5 Å². The molecule has 1 aliphatic carbocycles. The summed E-state index contributed by atoms with van der Waals surface area (Å²) in [4.78, 5) is 11.2. The molecule has 0 unspecified atom stereocenters. The summed E-state index contributed by atoms with van der Waals surface area (Å²) in [6.45, 7) is 0. The van der Waals surface area contributed by atoms with E-state index in [1.165, 1.54) is 42.2 Å². The van der Waals surface area contributed by atoms with Gasteiger partial charge in [-0.05, 0) is 43.4 Å². The van der Waals surface area contributed by atoms with Crippen molar-refractivity contribution in [3.63, 3.8) is 0 Å². The van der Waals surface area contributed by atoms with Gasteiger partial charge in [-0.2, -0.15) is 5.10 Å². The number of nitrogens with one attached hydrogen (secondary N) is 1. The maximum Gasteiger partial charge on any atom is 0.165 e. The molecule has 1 N–H and O–H groups in total. The zero-order valence-corrected chi connectivity index (χ0v) is 10.6. The van der Waals surface area contributed by atoms with E-state index in [9.17, 15) is 0 Å². The molecule has 0 atom stereocenters. The molecular weight excluding hydrogens is 244 g/mol. The normalized spacial score (nSPS) is 14.9. The van der Waals surface area contributed by atoms with E-state index in [1.54, 1.807) is 11.3 Å². The Bertz CT molecular complexity index is 656. The van der Waals surface area contributed by atoms with Gasteiger partial charge >= 0.3 is 0 Å². The van der Waals surface area contributed by atoms with E-state index < -0.39 is 0 Å². The number of fused-ring (bicyclic) bond motifs is 2. The average molecular weight is 256 g/mol.